The number of benzene rings is 2. The summed E-state index contributed by atoms with van der Waals surface area (Å²) < 4.78 is 5.53. The minimum atomic E-state index is -0.718. The fraction of sp³-hybridized carbons (Fsp3) is 0.0625. The molecule has 0 aliphatic heterocycles. The lowest BCUT2D eigenvalue weighted by Crippen LogP contribution is -2.11. The van der Waals surface area contributed by atoms with Gasteiger partial charge in [0.1, 0.15) is 5.75 Å². The van der Waals surface area contributed by atoms with Gasteiger partial charge in [-0.15, -0.1) is 4.73 Å². The van der Waals surface area contributed by atoms with Crippen LogP contribution in [0.4, 0.5) is 0 Å². The van der Waals surface area contributed by atoms with Crippen LogP contribution >= 0.6 is 0 Å². The molecule has 3 aromatic rings. The normalized spacial score (nSPS) is 10.7. The standard InChI is InChI=1S/C16H13NO5/c18-14(13-8-15(19)17(21)16(13)20)9-22-12-6-5-10-3-1-2-4-11(10)7-12/h1-8,19-21H,9H2. The topological polar surface area (TPSA) is 91.9 Å². The molecule has 1 heterocycles. The number of carbonyl (C=O) groups excluding carboxylic acids is 1. The number of aromatic nitrogens is 1. The summed E-state index contributed by atoms with van der Waals surface area (Å²) >= 11 is 0. The Morgan fingerprint density at radius 1 is 1.05 bits per heavy atom. The summed E-state index contributed by atoms with van der Waals surface area (Å²) in [7, 11) is 0. The molecule has 3 N–H and O–H groups in total. The van der Waals surface area contributed by atoms with E-state index in [0.717, 1.165) is 16.8 Å². The summed E-state index contributed by atoms with van der Waals surface area (Å²) in [6, 6.07) is 14.1. The molecule has 6 nitrogen and oxygen atoms in total. The van der Waals surface area contributed by atoms with Crippen LogP contribution in [0, 0.1) is 0 Å². The summed E-state index contributed by atoms with van der Waals surface area (Å²) in [6.07, 6.45) is 0. The smallest absolute Gasteiger partial charge is 0.240 e. The lowest BCUT2D eigenvalue weighted by molar-refractivity contribution is 0.0910. The van der Waals surface area contributed by atoms with E-state index < -0.39 is 17.5 Å². The maximum atomic E-state index is 11.9. The summed E-state index contributed by atoms with van der Waals surface area (Å²) in [5.74, 6) is -1.39. The highest BCUT2D eigenvalue weighted by Gasteiger charge is 2.20. The van der Waals surface area contributed by atoms with Crippen LogP contribution in [-0.4, -0.2) is 32.5 Å². The van der Waals surface area contributed by atoms with Crippen molar-refractivity contribution in [3.63, 3.8) is 0 Å². The molecule has 0 aliphatic carbocycles. The average Bonchev–Trinajstić information content (AvgIpc) is 2.80. The van der Waals surface area contributed by atoms with Crippen molar-refractivity contribution in [3.05, 3.63) is 54.1 Å². The first-order valence-electron chi connectivity index (χ1n) is 6.54. The predicted octanol–water partition coefficient (Wildman–Crippen LogP) is 2.55. The molecule has 2 aromatic carbocycles. The van der Waals surface area contributed by atoms with E-state index in [9.17, 15) is 20.2 Å². The van der Waals surface area contributed by atoms with Crippen LogP contribution in [0.25, 0.3) is 10.8 Å². The van der Waals surface area contributed by atoms with Crippen LogP contribution in [0.15, 0.2) is 48.5 Å². The second kappa shape index (κ2) is 5.33. The van der Waals surface area contributed by atoms with Crippen LogP contribution in [0.1, 0.15) is 10.4 Å². The van der Waals surface area contributed by atoms with Crippen molar-refractivity contribution in [2.24, 2.45) is 0 Å². The maximum Gasteiger partial charge on any atom is 0.240 e. The van der Waals surface area contributed by atoms with Crippen molar-refractivity contribution in [2.45, 2.75) is 0 Å². The molecule has 0 atom stereocenters. The third-order valence-electron chi connectivity index (χ3n) is 3.32. The van der Waals surface area contributed by atoms with Crippen molar-refractivity contribution in [1.82, 2.24) is 4.73 Å². The van der Waals surface area contributed by atoms with Crippen LogP contribution in [0.5, 0.6) is 17.5 Å². The Labute approximate surface area is 125 Å². The van der Waals surface area contributed by atoms with Gasteiger partial charge in [0.25, 0.3) is 0 Å². The molecular weight excluding hydrogens is 286 g/mol. The SMILES string of the molecule is O=C(COc1ccc2ccccc2c1)c1cc(O)n(O)c1O. The van der Waals surface area contributed by atoms with Crippen LogP contribution in [0.2, 0.25) is 0 Å². The zero-order valence-electron chi connectivity index (χ0n) is 11.4. The van der Waals surface area contributed by atoms with Crippen molar-refractivity contribution >= 4 is 16.6 Å². The summed E-state index contributed by atoms with van der Waals surface area (Å²) in [6.45, 7) is -0.324. The number of fused-ring (bicyclic) bond motifs is 1. The molecular formula is C16H13NO5. The van der Waals surface area contributed by atoms with Gasteiger partial charge >= 0.3 is 0 Å². The average molecular weight is 299 g/mol. The Balaban J connectivity index is 1.75. The highest BCUT2D eigenvalue weighted by molar-refractivity contribution is 6.00. The number of Topliss-reactive ketones (excluding diaryl/α,β-unsaturated/α-hetero) is 1. The Bertz CT molecular complexity index is 853. The number of nitrogens with zero attached hydrogens (tertiary/aromatic N) is 1. The lowest BCUT2D eigenvalue weighted by atomic mass is 10.1. The number of ketones is 1. The molecule has 0 bridgehead atoms. The Morgan fingerprint density at radius 2 is 1.77 bits per heavy atom. The first-order chi connectivity index (χ1) is 10.6. The van der Waals surface area contributed by atoms with Gasteiger partial charge in [0.05, 0.1) is 5.56 Å². The van der Waals surface area contributed by atoms with E-state index in [4.69, 9.17) is 4.74 Å². The van der Waals surface area contributed by atoms with Gasteiger partial charge in [0.2, 0.25) is 17.5 Å². The van der Waals surface area contributed by atoms with E-state index in [0.29, 0.717) is 5.75 Å². The first kappa shape index (κ1) is 13.8. The summed E-state index contributed by atoms with van der Waals surface area (Å²) in [5, 5.41) is 30.0. The van der Waals surface area contributed by atoms with Gasteiger partial charge in [-0.2, -0.15) is 0 Å². The van der Waals surface area contributed by atoms with Crippen molar-refractivity contribution in [2.75, 3.05) is 6.61 Å². The second-order valence-corrected chi connectivity index (χ2v) is 4.77. The van der Waals surface area contributed by atoms with Crippen molar-refractivity contribution in [3.8, 4) is 17.5 Å². The molecule has 0 saturated carbocycles. The number of carbonyl (C=O) groups is 1. The van der Waals surface area contributed by atoms with E-state index in [1.165, 1.54) is 0 Å². The number of hydrogen-bond donors (Lipinski definition) is 3. The zero-order valence-corrected chi connectivity index (χ0v) is 11.4. The molecule has 0 fully saturated rings. The first-order valence-corrected chi connectivity index (χ1v) is 6.54. The van der Waals surface area contributed by atoms with Crippen LogP contribution < -0.4 is 4.74 Å². The van der Waals surface area contributed by atoms with Crippen molar-refractivity contribution < 1.29 is 25.0 Å². The molecule has 0 spiro atoms. The Morgan fingerprint density at radius 3 is 2.45 bits per heavy atom. The monoisotopic (exact) mass is 299 g/mol. The number of rotatable bonds is 4. The van der Waals surface area contributed by atoms with Crippen molar-refractivity contribution in [1.29, 1.82) is 0 Å². The molecule has 0 saturated heterocycles. The summed E-state index contributed by atoms with van der Waals surface area (Å²) in [4.78, 5) is 11.9. The van der Waals surface area contributed by atoms with E-state index in [-0.39, 0.29) is 16.9 Å². The van der Waals surface area contributed by atoms with E-state index in [2.05, 4.69) is 0 Å². The van der Waals surface area contributed by atoms with Gasteiger partial charge in [-0.05, 0) is 22.9 Å². The molecule has 0 radical (unpaired) electrons. The van der Waals surface area contributed by atoms with E-state index in [1.807, 2.05) is 30.3 Å². The molecule has 0 unspecified atom stereocenters. The molecule has 0 aliphatic rings. The van der Waals surface area contributed by atoms with Gasteiger partial charge in [-0.3, -0.25) is 4.79 Å². The molecule has 0 amide bonds. The summed E-state index contributed by atoms with van der Waals surface area (Å²) in [5.41, 5.74) is -0.208. The molecule has 3 rings (SSSR count). The fourth-order valence-corrected chi connectivity index (χ4v) is 2.17. The zero-order chi connectivity index (χ0) is 15.7. The minimum Gasteiger partial charge on any atom is -0.492 e. The van der Waals surface area contributed by atoms with Gasteiger partial charge in [-0.25, -0.2) is 0 Å². The molecule has 112 valence electrons. The maximum absolute atomic E-state index is 11.9. The predicted molar refractivity (Wildman–Crippen MR) is 78.7 cm³/mol. The molecule has 1 aromatic heterocycles. The largest absolute Gasteiger partial charge is 0.492 e. The highest BCUT2D eigenvalue weighted by Crippen LogP contribution is 2.26. The second-order valence-electron chi connectivity index (χ2n) is 4.77. The van der Waals surface area contributed by atoms with Gasteiger partial charge in [-0.1, -0.05) is 30.3 Å². The minimum absolute atomic E-state index is 0.128. The Hall–Kier alpha value is -3.15. The molecule has 6 heteroatoms. The lowest BCUT2D eigenvalue weighted by Gasteiger charge is -2.06. The quantitative estimate of drug-likeness (QED) is 0.508. The number of ether oxygens (including phenoxy) is 1. The number of hydrogen-bond acceptors (Lipinski definition) is 5. The number of aromatic hydroxyl groups is 2. The van der Waals surface area contributed by atoms with E-state index in [1.54, 1.807) is 12.1 Å². The highest BCUT2D eigenvalue weighted by atomic mass is 16.5. The van der Waals surface area contributed by atoms with Crippen LogP contribution in [-0.2, 0) is 0 Å². The molecule has 22 heavy (non-hydrogen) atoms. The Kier molecular flexibility index (Phi) is 3.34. The van der Waals surface area contributed by atoms with E-state index >= 15 is 0 Å². The third kappa shape index (κ3) is 2.42. The van der Waals surface area contributed by atoms with Gasteiger partial charge in [0, 0.05) is 6.07 Å². The van der Waals surface area contributed by atoms with Gasteiger partial charge < -0.3 is 20.2 Å². The third-order valence-corrected chi connectivity index (χ3v) is 3.32. The van der Waals surface area contributed by atoms with Crippen LogP contribution in [0.3, 0.4) is 0 Å². The van der Waals surface area contributed by atoms with Gasteiger partial charge in [0.15, 0.2) is 6.61 Å². The fourth-order valence-electron chi connectivity index (χ4n) is 2.17.